The molecule has 96 valence electrons. The molecule has 0 radical (unpaired) electrons. The van der Waals surface area contributed by atoms with Crippen molar-refractivity contribution in [2.24, 2.45) is 0 Å². The number of nitrogens with zero attached hydrogens (tertiary/aromatic N) is 1. The molecule has 1 heterocycles. The fourth-order valence-electron chi connectivity index (χ4n) is 1.65. The number of hydrogen-bond acceptors (Lipinski definition) is 1. The monoisotopic (exact) mass is 286 g/mol. The fraction of sp³-hybridized carbons (Fsp3) is 0.231. The van der Waals surface area contributed by atoms with Gasteiger partial charge in [-0.25, -0.2) is 4.39 Å². The molecule has 0 aliphatic rings. The molecule has 18 heavy (non-hydrogen) atoms. The van der Waals surface area contributed by atoms with Gasteiger partial charge in [0, 0.05) is 31.2 Å². The van der Waals surface area contributed by atoms with Crippen molar-refractivity contribution < 1.29 is 4.39 Å². The van der Waals surface area contributed by atoms with Crippen molar-refractivity contribution in [2.75, 3.05) is 5.32 Å². The highest BCUT2D eigenvalue weighted by Gasteiger charge is 2.07. The number of hydrogen-bond donors (Lipinski definition) is 1. The van der Waals surface area contributed by atoms with Gasteiger partial charge < -0.3 is 9.88 Å². The van der Waals surface area contributed by atoms with Gasteiger partial charge in [-0.2, -0.15) is 0 Å². The first-order chi connectivity index (χ1) is 8.60. The Kier molecular flexibility index (Phi) is 4.15. The first-order valence-electron chi connectivity index (χ1n) is 5.63. The van der Waals surface area contributed by atoms with Crippen LogP contribution in [-0.4, -0.2) is 4.57 Å². The number of aryl methyl sites for hydroxylation is 1. The standard InChI is InChI=1S/C13H13Cl2FN2/c1-2-18-4-3-9(8-18)7-17-10-5-11(14)13(16)12(15)6-10/h3-6,8,17H,2,7H2,1H3. The summed E-state index contributed by atoms with van der Waals surface area (Å²) in [6.07, 6.45) is 4.07. The van der Waals surface area contributed by atoms with Crippen molar-refractivity contribution >= 4 is 28.9 Å². The van der Waals surface area contributed by atoms with Gasteiger partial charge in [0.05, 0.1) is 10.0 Å². The summed E-state index contributed by atoms with van der Waals surface area (Å²) in [4.78, 5) is 0. The Morgan fingerprint density at radius 3 is 2.50 bits per heavy atom. The second kappa shape index (κ2) is 5.63. The number of nitrogens with one attached hydrogen (secondary N) is 1. The Morgan fingerprint density at radius 2 is 1.94 bits per heavy atom. The quantitative estimate of drug-likeness (QED) is 0.815. The van der Waals surface area contributed by atoms with Gasteiger partial charge in [0.25, 0.3) is 0 Å². The lowest BCUT2D eigenvalue weighted by molar-refractivity contribution is 0.629. The molecule has 0 saturated carbocycles. The Morgan fingerprint density at radius 1 is 1.28 bits per heavy atom. The van der Waals surface area contributed by atoms with Crippen LogP contribution in [0.15, 0.2) is 30.6 Å². The molecular formula is C13H13Cl2FN2. The Bertz CT molecular complexity index is 529. The molecule has 0 fully saturated rings. The van der Waals surface area contributed by atoms with Gasteiger partial charge in [0.15, 0.2) is 5.82 Å². The van der Waals surface area contributed by atoms with Crippen molar-refractivity contribution in [3.8, 4) is 0 Å². The van der Waals surface area contributed by atoms with E-state index in [-0.39, 0.29) is 10.0 Å². The predicted octanol–water partition coefficient (Wildman–Crippen LogP) is 4.57. The van der Waals surface area contributed by atoms with E-state index >= 15 is 0 Å². The van der Waals surface area contributed by atoms with Gasteiger partial charge in [-0.3, -0.25) is 0 Å². The van der Waals surface area contributed by atoms with Gasteiger partial charge in [0.1, 0.15) is 0 Å². The molecule has 0 unspecified atom stereocenters. The summed E-state index contributed by atoms with van der Waals surface area (Å²) in [5.41, 5.74) is 1.85. The van der Waals surface area contributed by atoms with Crippen LogP contribution in [0.5, 0.6) is 0 Å². The SMILES string of the molecule is CCn1ccc(CNc2cc(Cl)c(F)c(Cl)c2)c1. The zero-order chi connectivity index (χ0) is 13.1. The Hall–Kier alpha value is -1.19. The van der Waals surface area contributed by atoms with Gasteiger partial charge in [-0.05, 0) is 30.7 Å². The fourth-order valence-corrected chi connectivity index (χ4v) is 2.14. The Labute approximate surface area is 115 Å². The minimum atomic E-state index is -0.582. The normalized spacial score (nSPS) is 10.7. The maximum absolute atomic E-state index is 13.2. The zero-order valence-electron chi connectivity index (χ0n) is 9.88. The maximum Gasteiger partial charge on any atom is 0.160 e. The molecule has 0 saturated heterocycles. The average Bonchev–Trinajstić information content (AvgIpc) is 2.81. The van der Waals surface area contributed by atoms with E-state index in [1.807, 2.05) is 12.3 Å². The van der Waals surface area contributed by atoms with E-state index in [1.54, 1.807) is 0 Å². The number of anilines is 1. The number of aromatic nitrogens is 1. The lowest BCUT2D eigenvalue weighted by atomic mass is 10.3. The van der Waals surface area contributed by atoms with Crippen LogP contribution >= 0.6 is 23.2 Å². The van der Waals surface area contributed by atoms with E-state index in [2.05, 4.69) is 23.0 Å². The summed E-state index contributed by atoms with van der Waals surface area (Å²) >= 11 is 11.4. The molecule has 1 aromatic heterocycles. The third-order valence-electron chi connectivity index (χ3n) is 2.66. The van der Waals surface area contributed by atoms with E-state index < -0.39 is 5.82 Å². The van der Waals surface area contributed by atoms with E-state index in [0.717, 1.165) is 12.1 Å². The van der Waals surface area contributed by atoms with Crippen LogP contribution in [0.25, 0.3) is 0 Å². The highest BCUT2D eigenvalue weighted by molar-refractivity contribution is 6.35. The largest absolute Gasteiger partial charge is 0.381 e. The van der Waals surface area contributed by atoms with Crippen LogP contribution in [0.2, 0.25) is 10.0 Å². The van der Waals surface area contributed by atoms with E-state index in [4.69, 9.17) is 23.2 Å². The van der Waals surface area contributed by atoms with Gasteiger partial charge >= 0.3 is 0 Å². The lowest BCUT2D eigenvalue weighted by Crippen LogP contribution is -1.99. The molecule has 0 amide bonds. The van der Waals surface area contributed by atoms with Gasteiger partial charge in [-0.1, -0.05) is 23.2 Å². The molecule has 0 aliphatic carbocycles. The van der Waals surface area contributed by atoms with Crippen LogP contribution in [0.3, 0.4) is 0 Å². The second-order valence-corrected chi connectivity index (χ2v) is 4.77. The molecule has 2 aromatic rings. The van der Waals surface area contributed by atoms with Crippen LogP contribution in [-0.2, 0) is 13.1 Å². The summed E-state index contributed by atoms with van der Waals surface area (Å²) < 4.78 is 15.3. The predicted molar refractivity (Wildman–Crippen MR) is 73.9 cm³/mol. The summed E-state index contributed by atoms with van der Waals surface area (Å²) in [6, 6.07) is 5.09. The van der Waals surface area contributed by atoms with Crippen LogP contribution in [0.1, 0.15) is 12.5 Å². The van der Waals surface area contributed by atoms with Crippen LogP contribution in [0.4, 0.5) is 10.1 Å². The molecule has 0 atom stereocenters. The second-order valence-electron chi connectivity index (χ2n) is 3.96. The van der Waals surface area contributed by atoms with Crippen molar-refractivity contribution in [3.63, 3.8) is 0 Å². The smallest absolute Gasteiger partial charge is 0.160 e. The van der Waals surface area contributed by atoms with E-state index in [9.17, 15) is 4.39 Å². The molecule has 1 aromatic carbocycles. The topological polar surface area (TPSA) is 17.0 Å². The number of rotatable bonds is 4. The van der Waals surface area contributed by atoms with Crippen molar-refractivity contribution in [2.45, 2.75) is 20.0 Å². The third kappa shape index (κ3) is 2.98. The molecule has 0 aliphatic heterocycles. The molecule has 2 rings (SSSR count). The minimum absolute atomic E-state index is 0.0242. The van der Waals surface area contributed by atoms with Crippen molar-refractivity contribution in [1.82, 2.24) is 4.57 Å². The molecule has 5 heteroatoms. The summed E-state index contributed by atoms with van der Waals surface area (Å²) in [5.74, 6) is -0.582. The van der Waals surface area contributed by atoms with E-state index in [0.29, 0.717) is 12.2 Å². The minimum Gasteiger partial charge on any atom is -0.381 e. The average molecular weight is 287 g/mol. The van der Waals surface area contributed by atoms with Gasteiger partial charge in [0.2, 0.25) is 0 Å². The van der Waals surface area contributed by atoms with Crippen LogP contribution in [0, 0.1) is 5.82 Å². The molecule has 0 spiro atoms. The number of halogens is 3. The van der Waals surface area contributed by atoms with Crippen molar-refractivity contribution in [3.05, 3.63) is 52.0 Å². The Balaban J connectivity index is 2.06. The van der Waals surface area contributed by atoms with Crippen molar-refractivity contribution in [1.29, 1.82) is 0 Å². The first-order valence-corrected chi connectivity index (χ1v) is 6.39. The van der Waals surface area contributed by atoms with Crippen LogP contribution < -0.4 is 5.32 Å². The number of benzene rings is 1. The summed E-state index contributed by atoms with van der Waals surface area (Å²) in [6.45, 7) is 3.66. The lowest BCUT2D eigenvalue weighted by Gasteiger charge is -2.07. The summed E-state index contributed by atoms with van der Waals surface area (Å²) in [5, 5.41) is 3.21. The molecule has 2 nitrogen and oxygen atoms in total. The summed E-state index contributed by atoms with van der Waals surface area (Å²) in [7, 11) is 0. The first kappa shape index (κ1) is 13.2. The maximum atomic E-state index is 13.2. The van der Waals surface area contributed by atoms with Gasteiger partial charge in [-0.15, -0.1) is 0 Å². The zero-order valence-corrected chi connectivity index (χ0v) is 11.4. The molecule has 0 bridgehead atoms. The molecular weight excluding hydrogens is 274 g/mol. The molecule has 1 N–H and O–H groups in total. The third-order valence-corrected chi connectivity index (χ3v) is 3.21. The van der Waals surface area contributed by atoms with E-state index in [1.165, 1.54) is 12.1 Å². The highest BCUT2D eigenvalue weighted by Crippen LogP contribution is 2.27. The highest BCUT2D eigenvalue weighted by atomic mass is 35.5.